The minimum atomic E-state index is 0.0616. The van der Waals surface area contributed by atoms with Gasteiger partial charge >= 0.3 is 0 Å². The fourth-order valence-electron chi connectivity index (χ4n) is 3.69. The summed E-state index contributed by atoms with van der Waals surface area (Å²) in [5.41, 5.74) is 3.09. The number of hydrogen-bond acceptors (Lipinski definition) is 2. The third kappa shape index (κ3) is 3.24. The van der Waals surface area contributed by atoms with Gasteiger partial charge in [-0.05, 0) is 36.6 Å². The molecule has 0 radical (unpaired) electrons. The van der Waals surface area contributed by atoms with E-state index in [0.29, 0.717) is 6.42 Å². The molecule has 0 aromatic heterocycles. The van der Waals surface area contributed by atoms with Crippen molar-refractivity contribution < 1.29 is 4.79 Å². The van der Waals surface area contributed by atoms with Crippen LogP contribution in [0.5, 0.6) is 0 Å². The van der Waals surface area contributed by atoms with E-state index in [1.807, 2.05) is 13.1 Å². The Bertz CT molecular complexity index is 538. The summed E-state index contributed by atoms with van der Waals surface area (Å²) in [6.45, 7) is 0. The predicted octanol–water partition coefficient (Wildman–Crippen LogP) is 4.07. The fourth-order valence-corrected chi connectivity index (χ4v) is 3.99. The topological polar surface area (TPSA) is 41.1 Å². The average molecular weight is 307 g/mol. The summed E-state index contributed by atoms with van der Waals surface area (Å²) in [6, 6.07) is 4.30. The Morgan fingerprint density at radius 3 is 2.81 bits per heavy atom. The lowest BCUT2D eigenvalue weighted by molar-refractivity contribution is -0.115. The minimum Gasteiger partial charge on any atom is -0.325 e. The van der Waals surface area contributed by atoms with Crippen LogP contribution in [-0.2, 0) is 11.2 Å². The molecule has 1 saturated carbocycles. The van der Waals surface area contributed by atoms with Crippen LogP contribution in [0, 0.1) is 5.92 Å². The average Bonchev–Trinajstić information content (AvgIpc) is 2.84. The van der Waals surface area contributed by atoms with E-state index < -0.39 is 0 Å². The van der Waals surface area contributed by atoms with Crippen LogP contribution in [0.2, 0.25) is 5.02 Å². The van der Waals surface area contributed by atoms with Crippen molar-refractivity contribution in [2.24, 2.45) is 5.92 Å². The molecule has 1 aromatic rings. The highest BCUT2D eigenvalue weighted by Gasteiger charge is 2.24. The smallest absolute Gasteiger partial charge is 0.228 e. The summed E-state index contributed by atoms with van der Waals surface area (Å²) in [6.07, 6.45) is 8.38. The van der Waals surface area contributed by atoms with E-state index in [1.54, 1.807) is 0 Å². The number of rotatable bonds is 4. The highest BCUT2D eigenvalue weighted by atomic mass is 35.5. The van der Waals surface area contributed by atoms with Crippen molar-refractivity contribution in [3.8, 4) is 0 Å². The summed E-state index contributed by atoms with van der Waals surface area (Å²) in [5.74, 6) is 0.854. The van der Waals surface area contributed by atoms with Crippen molar-refractivity contribution in [1.82, 2.24) is 5.32 Å². The van der Waals surface area contributed by atoms with Crippen LogP contribution in [0.3, 0.4) is 0 Å². The number of fused-ring (bicyclic) bond motifs is 1. The third-order valence-corrected chi connectivity index (χ3v) is 5.19. The van der Waals surface area contributed by atoms with Crippen LogP contribution in [-0.4, -0.2) is 13.0 Å². The molecular formula is C17H23ClN2O. The van der Waals surface area contributed by atoms with Gasteiger partial charge < -0.3 is 10.6 Å². The van der Waals surface area contributed by atoms with Gasteiger partial charge in [0.25, 0.3) is 0 Å². The Labute approximate surface area is 131 Å². The highest BCUT2D eigenvalue weighted by molar-refractivity contribution is 6.32. The largest absolute Gasteiger partial charge is 0.325 e. The molecule has 0 spiro atoms. The lowest BCUT2D eigenvalue weighted by atomic mass is 9.83. The van der Waals surface area contributed by atoms with Gasteiger partial charge in [-0.1, -0.05) is 49.8 Å². The van der Waals surface area contributed by atoms with Crippen molar-refractivity contribution in [3.05, 3.63) is 28.3 Å². The first-order valence-corrected chi connectivity index (χ1v) is 8.34. The first kappa shape index (κ1) is 14.9. The molecule has 3 rings (SSSR count). The Kier molecular flexibility index (Phi) is 4.51. The van der Waals surface area contributed by atoms with E-state index in [1.165, 1.54) is 32.1 Å². The first-order valence-electron chi connectivity index (χ1n) is 7.97. The van der Waals surface area contributed by atoms with Gasteiger partial charge in [-0.15, -0.1) is 0 Å². The molecule has 0 bridgehead atoms. The van der Waals surface area contributed by atoms with Crippen molar-refractivity contribution in [1.29, 1.82) is 0 Å². The van der Waals surface area contributed by atoms with Crippen LogP contribution >= 0.6 is 11.6 Å². The summed E-state index contributed by atoms with van der Waals surface area (Å²) < 4.78 is 0. The van der Waals surface area contributed by atoms with Crippen molar-refractivity contribution in [2.45, 2.75) is 51.0 Å². The van der Waals surface area contributed by atoms with E-state index in [0.717, 1.165) is 34.2 Å². The molecule has 3 nitrogen and oxygen atoms in total. The van der Waals surface area contributed by atoms with Gasteiger partial charge in [0, 0.05) is 16.8 Å². The summed E-state index contributed by atoms with van der Waals surface area (Å²) in [4.78, 5) is 11.5. The van der Waals surface area contributed by atoms with Crippen LogP contribution in [0.15, 0.2) is 12.1 Å². The zero-order chi connectivity index (χ0) is 14.8. The second kappa shape index (κ2) is 6.37. The van der Waals surface area contributed by atoms with E-state index in [-0.39, 0.29) is 11.9 Å². The quantitative estimate of drug-likeness (QED) is 0.880. The Morgan fingerprint density at radius 1 is 1.33 bits per heavy atom. The molecule has 4 heteroatoms. The summed E-state index contributed by atoms with van der Waals surface area (Å²) >= 11 is 6.46. The van der Waals surface area contributed by atoms with E-state index in [9.17, 15) is 4.79 Å². The molecule has 1 unspecified atom stereocenters. The molecule has 1 atom stereocenters. The lowest BCUT2D eigenvalue weighted by Crippen LogP contribution is -2.21. The first-order chi connectivity index (χ1) is 10.2. The van der Waals surface area contributed by atoms with Crippen LogP contribution in [0.4, 0.5) is 5.69 Å². The monoisotopic (exact) mass is 306 g/mol. The van der Waals surface area contributed by atoms with Crippen molar-refractivity contribution >= 4 is 23.2 Å². The molecule has 114 valence electrons. The third-order valence-electron chi connectivity index (χ3n) is 4.87. The molecule has 2 N–H and O–H groups in total. The Hall–Kier alpha value is -1.06. The second-order valence-electron chi connectivity index (χ2n) is 6.34. The SMILES string of the molecule is CNC(CC1CCCCC1)c1cc2c(cc1Cl)NC(=O)C2. The van der Waals surface area contributed by atoms with Crippen LogP contribution < -0.4 is 10.6 Å². The lowest BCUT2D eigenvalue weighted by Gasteiger charge is -2.27. The highest BCUT2D eigenvalue weighted by Crippen LogP contribution is 2.37. The van der Waals surface area contributed by atoms with Gasteiger partial charge in [-0.25, -0.2) is 0 Å². The Balaban J connectivity index is 1.80. The molecule has 1 amide bonds. The zero-order valence-corrected chi connectivity index (χ0v) is 13.3. The maximum Gasteiger partial charge on any atom is 0.228 e. The second-order valence-corrected chi connectivity index (χ2v) is 6.74. The van der Waals surface area contributed by atoms with Gasteiger partial charge in [0.2, 0.25) is 5.91 Å². The molecule has 1 aliphatic heterocycles. The number of hydrogen-bond donors (Lipinski definition) is 2. The van der Waals surface area contributed by atoms with Crippen molar-refractivity contribution in [2.75, 3.05) is 12.4 Å². The van der Waals surface area contributed by atoms with Gasteiger partial charge in [0.15, 0.2) is 0 Å². The normalized spacial score (nSPS) is 20.2. The fraction of sp³-hybridized carbons (Fsp3) is 0.588. The van der Waals surface area contributed by atoms with Gasteiger partial charge in [-0.2, -0.15) is 0 Å². The molecule has 0 saturated heterocycles. The van der Waals surface area contributed by atoms with Crippen LogP contribution in [0.25, 0.3) is 0 Å². The maximum atomic E-state index is 11.5. The van der Waals surface area contributed by atoms with Gasteiger partial charge in [0.1, 0.15) is 0 Å². The van der Waals surface area contributed by atoms with Gasteiger partial charge in [-0.3, -0.25) is 4.79 Å². The van der Waals surface area contributed by atoms with E-state index >= 15 is 0 Å². The van der Waals surface area contributed by atoms with E-state index in [2.05, 4.69) is 16.7 Å². The number of carbonyl (C=O) groups excluding carboxylic acids is 1. The predicted molar refractivity (Wildman–Crippen MR) is 86.8 cm³/mol. The number of halogens is 1. The number of benzene rings is 1. The molecule has 1 fully saturated rings. The molecule has 1 aliphatic carbocycles. The molecule has 1 heterocycles. The van der Waals surface area contributed by atoms with Crippen molar-refractivity contribution in [3.63, 3.8) is 0 Å². The number of amides is 1. The van der Waals surface area contributed by atoms with Gasteiger partial charge in [0.05, 0.1) is 6.42 Å². The number of anilines is 1. The molecule has 21 heavy (non-hydrogen) atoms. The number of nitrogens with one attached hydrogen (secondary N) is 2. The summed E-state index contributed by atoms with van der Waals surface area (Å²) in [5, 5.41) is 7.03. The zero-order valence-electron chi connectivity index (χ0n) is 12.5. The standard InChI is InChI=1S/C17H23ClN2O/c1-19-16(7-11-5-3-2-4-6-11)13-8-12-9-17(21)20-15(12)10-14(13)18/h8,10-11,16,19H,2-7,9H2,1H3,(H,20,21). The molecular weight excluding hydrogens is 284 g/mol. The summed E-state index contributed by atoms with van der Waals surface area (Å²) in [7, 11) is 2.00. The minimum absolute atomic E-state index is 0.0616. The Morgan fingerprint density at radius 2 is 2.10 bits per heavy atom. The van der Waals surface area contributed by atoms with E-state index in [4.69, 9.17) is 11.6 Å². The van der Waals surface area contributed by atoms with Crippen LogP contribution in [0.1, 0.15) is 55.7 Å². The molecule has 2 aliphatic rings. The number of carbonyl (C=O) groups is 1. The maximum absolute atomic E-state index is 11.5. The molecule has 1 aromatic carbocycles.